The topological polar surface area (TPSA) is 60.2 Å². The van der Waals surface area contributed by atoms with E-state index in [2.05, 4.69) is 10.3 Å². The van der Waals surface area contributed by atoms with Gasteiger partial charge in [-0.15, -0.1) is 24.8 Å². The van der Waals surface area contributed by atoms with E-state index < -0.39 is 0 Å². The number of hydrogen-bond donors (Lipinski definition) is 2. The summed E-state index contributed by atoms with van der Waals surface area (Å²) in [5, 5.41) is 3.76. The second-order valence-electron chi connectivity index (χ2n) is 5.45. The van der Waals surface area contributed by atoms with Gasteiger partial charge in [-0.1, -0.05) is 23.7 Å². The van der Waals surface area contributed by atoms with Crippen molar-refractivity contribution in [3.05, 3.63) is 41.7 Å². The van der Waals surface area contributed by atoms with E-state index >= 15 is 0 Å². The first kappa shape index (κ1) is 19.8. The first-order chi connectivity index (χ1) is 10.1. The van der Waals surface area contributed by atoms with Crippen LogP contribution in [-0.2, 0) is 0 Å². The molecule has 3 N–H and O–H groups in total. The zero-order chi connectivity index (χ0) is 14.9. The SMILES string of the molecule is CNC1(COc2cnc(Cl)c(-c3ccc(N)cc3)c2)CC1.Cl.Cl. The molecular formula is C16H20Cl3N3O. The van der Waals surface area contributed by atoms with E-state index in [4.69, 9.17) is 22.1 Å². The number of nitrogen functional groups attached to an aromatic ring is 1. The molecule has 7 heteroatoms. The number of nitrogens with one attached hydrogen (secondary N) is 1. The number of ether oxygens (including phenoxy) is 1. The van der Waals surface area contributed by atoms with Crippen LogP contribution in [0.2, 0.25) is 5.15 Å². The number of aromatic nitrogens is 1. The number of likely N-dealkylation sites (N-methyl/N-ethyl adjacent to an activating group) is 1. The molecule has 0 amide bonds. The van der Waals surface area contributed by atoms with E-state index in [-0.39, 0.29) is 30.4 Å². The van der Waals surface area contributed by atoms with Crippen LogP contribution < -0.4 is 15.8 Å². The maximum atomic E-state index is 6.19. The first-order valence-electron chi connectivity index (χ1n) is 6.95. The maximum absolute atomic E-state index is 6.19. The molecule has 1 saturated carbocycles. The van der Waals surface area contributed by atoms with Gasteiger partial charge in [0.05, 0.1) is 11.7 Å². The molecule has 1 fully saturated rings. The van der Waals surface area contributed by atoms with E-state index in [1.807, 2.05) is 37.4 Å². The summed E-state index contributed by atoms with van der Waals surface area (Å²) in [6, 6.07) is 9.47. The number of hydrogen-bond acceptors (Lipinski definition) is 4. The minimum Gasteiger partial charge on any atom is -0.490 e. The molecular weight excluding hydrogens is 357 g/mol. The van der Waals surface area contributed by atoms with Gasteiger partial charge in [0.15, 0.2) is 0 Å². The molecule has 0 radical (unpaired) electrons. The number of pyridine rings is 1. The fourth-order valence-corrected chi connectivity index (χ4v) is 2.42. The number of halogens is 3. The third-order valence-corrected chi connectivity index (χ3v) is 4.24. The molecule has 1 aromatic carbocycles. The lowest BCUT2D eigenvalue weighted by atomic mass is 10.1. The second-order valence-corrected chi connectivity index (χ2v) is 5.81. The normalized spacial score (nSPS) is 14.3. The molecule has 0 aliphatic heterocycles. The number of nitrogens with two attached hydrogens (primary N) is 1. The van der Waals surface area contributed by atoms with Crippen LogP contribution in [0.3, 0.4) is 0 Å². The first-order valence-corrected chi connectivity index (χ1v) is 7.33. The molecule has 0 bridgehead atoms. The summed E-state index contributed by atoms with van der Waals surface area (Å²) >= 11 is 6.19. The predicted molar refractivity (Wildman–Crippen MR) is 100 cm³/mol. The molecule has 1 heterocycles. The number of nitrogens with zero attached hydrogens (tertiary/aromatic N) is 1. The van der Waals surface area contributed by atoms with Crippen LogP contribution in [0.25, 0.3) is 11.1 Å². The van der Waals surface area contributed by atoms with Gasteiger partial charge in [0.2, 0.25) is 0 Å². The van der Waals surface area contributed by atoms with Crippen molar-refractivity contribution in [2.45, 2.75) is 18.4 Å². The highest BCUT2D eigenvalue weighted by Gasteiger charge is 2.41. The number of anilines is 1. The monoisotopic (exact) mass is 375 g/mol. The Morgan fingerprint density at radius 2 is 1.91 bits per heavy atom. The number of rotatable bonds is 5. The average Bonchev–Trinajstić information content (AvgIpc) is 3.28. The van der Waals surface area contributed by atoms with Crippen molar-refractivity contribution in [3.63, 3.8) is 0 Å². The van der Waals surface area contributed by atoms with Crippen LogP contribution in [0.1, 0.15) is 12.8 Å². The highest BCUT2D eigenvalue weighted by molar-refractivity contribution is 6.32. The molecule has 126 valence electrons. The fourth-order valence-electron chi connectivity index (χ4n) is 2.21. The Morgan fingerprint density at radius 3 is 2.48 bits per heavy atom. The predicted octanol–water partition coefficient (Wildman–Crippen LogP) is 3.96. The Morgan fingerprint density at radius 1 is 1.26 bits per heavy atom. The smallest absolute Gasteiger partial charge is 0.138 e. The van der Waals surface area contributed by atoms with Gasteiger partial charge < -0.3 is 15.8 Å². The molecule has 0 saturated heterocycles. The average molecular weight is 377 g/mol. The highest BCUT2D eigenvalue weighted by atomic mass is 35.5. The standard InChI is InChI=1S/C16H18ClN3O.2ClH/c1-19-16(6-7-16)10-21-13-8-14(15(17)20-9-13)11-2-4-12(18)5-3-11;;/h2-5,8-9,19H,6-7,10,18H2,1H3;2*1H. The van der Waals surface area contributed by atoms with Gasteiger partial charge in [-0.05, 0) is 43.7 Å². The highest BCUT2D eigenvalue weighted by Crippen LogP contribution is 2.36. The summed E-state index contributed by atoms with van der Waals surface area (Å²) in [4.78, 5) is 4.21. The maximum Gasteiger partial charge on any atom is 0.138 e. The molecule has 1 aliphatic carbocycles. The molecule has 4 nitrogen and oxygen atoms in total. The van der Waals surface area contributed by atoms with Gasteiger partial charge in [-0.3, -0.25) is 0 Å². The van der Waals surface area contributed by atoms with Gasteiger partial charge in [0.1, 0.15) is 17.5 Å². The Bertz CT molecular complexity index is 646. The summed E-state index contributed by atoms with van der Waals surface area (Å²) in [6.45, 7) is 0.647. The van der Waals surface area contributed by atoms with Gasteiger partial charge in [-0.2, -0.15) is 0 Å². The molecule has 0 atom stereocenters. The Labute approximate surface area is 153 Å². The summed E-state index contributed by atoms with van der Waals surface area (Å²) in [7, 11) is 1.97. The van der Waals surface area contributed by atoms with Crippen molar-refractivity contribution >= 4 is 42.1 Å². The molecule has 2 aromatic rings. The Balaban J connectivity index is 0.00000132. The van der Waals surface area contributed by atoms with Crippen molar-refractivity contribution in [1.82, 2.24) is 10.3 Å². The lowest BCUT2D eigenvalue weighted by molar-refractivity contribution is 0.259. The summed E-state index contributed by atoms with van der Waals surface area (Å²) in [5.41, 5.74) is 8.40. The minimum atomic E-state index is 0. The van der Waals surface area contributed by atoms with Crippen molar-refractivity contribution in [2.75, 3.05) is 19.4 Å². The molecule has 0 spiro atoms. The summed E-state index contributed by atoms with van der Waals surface area (Å²) in [5.74, 6) is 0.729. The van der Waals surface area contributed by atoms with Crippen LogP contribution in [0, 0.1) is 0 Å². The summed E-state index contributed by atoms with van der Waals surface area (Å²) < 4.78 is 5.86. The zero-order valence-electron chi connectivity index (χ0n) is 12.7. The molecule has 23 heavy (non-hydrogen) atoms. The van der Waals surface area contributed by atoms with E-state index in [1.54, 1.807) is 6.20 Å². The van der Waals surface area contributed by atoms with Crippen molar-refractivity contribution in [3.8, 4) is 16.9 Å². The van der Waals surface area contributed by atoms with Crippen LogP contribution in [0.4, 0.5) is 5.69 Å². The van der Waals surface area contributed by atoms with Gasteiger partial charge in [-0.25, -0.2) is 4.98 Å². The van der Waals surface area contributed by atoms with E-state index in [0.29, 0.717) is 11.8 Å². The zero-order valence-corrected chi connectivity index (χ0v) is 15.1. The largest absolute Gasteiger partial charge is 0.490 e. The number of benzene rings is 1. The van der Waals surface area contributed by atoms with Crippen LogP contribution in [0.5, 0.6) is 5.75 Å². The van der Waals surface area contributed by atoms with E-state index in [9.17, 15) is 0 Å². The second kappa shape index (κ2) is 8.06. The van der Waals surface area contributed by atoms with Crippen molar-refractivity contribution in [1.29, 1.82) is 0 Å². The quantitative estimate of drug-likeness (QED) is 0.612. The van der Waals surface area contributed by atoms with Gasteiger partial charge in [0.25, 0.3) is 0 Å². The van der Waals surface area contributed by atoms with Gasteiger partial charge >= 0.3 is 0 Å². The fraction of sp³-hybridized carbons (Fsp3) is 0.312. The van der Waals surface area contributed by atoms with Crippen LogP contribution in [0.15, 0.2) is 36.5 Å². The van der Waals surface area contributed by atoms with Crippen molar-refractivity contribution < 1.29 is 4.74 Å². The third kappa shape index (κ3) is 4.64. The minimum absolute atomic E-state index is 0. The van der Waals surface area contributed by atoms with Crippen LogP contribution in [-0.4, -0.2) is 24.2 Å². The lowest BCUT2D eigenvalue weighted by Gasteiger charge is -2.15. The van der Waals surface area contributed by atoms with Gasteiger partial charge in [0, 0.05) is 11.3 Å². The Kier molecular flexibility index (Phi) is 6.96. The van der Waals surface area contributed by atoms with Crippen molar-refractivity contribution in [2.24, 2.45) is 0 Å². The molecule has 0 unspecified atom stereocenters. The molecule has 1 aromatic heterocycles. The molecule has 3 rings (SSSR count). The van der Waals surface area contributed by atoms with E-state index in [1.165, 1.54) is 0 Å². The van der Waals surface area contributed by atoms with E-state index in [0.717, 1.165) is 35.4 Å². The third-order valence-electron chi connectivity index (χ3n) is 3.93. The Hall–Kier alpha value is -1.20. The molecule has 1 aliphatic rings. The van der Waals surface area contributed by atoms with Crippen LogP contribution >= 0.6 is 36.4 Å². The summed E-state index contributed by atoms with van der Waals surface area (Å²) in [6.07, 6.45) is 3.96. The lowest BCUT2D eigenvalue weighted by Crippen LogP contribution is -2.33.